The summed E-state index contributed by atoms with van der Waals surface area (Å²) >= 11 is 0. The number of aromatic nitrogens is 2. The van der Waals surface area contributed by atoms with E-state index in [-0.39, 0.29) is 0 Å². The zero-order valence-corrected chi connectivity index (χ0v) is 10.1. The standard InChI is InChI=1S/C13H18N4/c1-2-10-13-11(16-15-10)4-3-5-12(13)17-7-6-9(14)8-17/h3-5,9H,2,6-8,14H2,1H3,(H,15,16). The molecule has 3 rings (SSSR count). The Kier molecular flexibility index (Phi) is 2.52. The molecule has 2 heterocycles. The minimum atomic E-state index is 0.308. The number of aryl methyl sites for hydroxylation is 1. The van der Waals surface area contributed by atoms with Crippen molar-refractivity contribution in [2.24, 2.45) is 5.73 Å². The number of hydrogen-bond donors (Lipinski definition) is 2. The Balaban J connectivity index is 2.11. The van der Waals surface area contributed by atoms with Gasteiger partial charge in [-0.3, -0.25) is 5.10 Å². The molecule has 0 saturated carbocycles. The second-order valence-electron chi connectivity index (χ2n) is 4.72. The van der Waals surface area contributed by atoms with Gasteiger partial charge in [0, 0.05) is 35.9 Å². The van der Waals surface area contributed by atoms with Crippen LogP contribution < -0.4 is 10.6 Å². The van der Waals surface area contributed by atoms with Gasteiger partial charge in [0.05, 0.1) is 5.52 Å². The van der Waals surface area contributed by atoms with Crippen molar-refractivity contribution in [3.05, 3.63) is 23.9 Å². The Labute approximate surface area is 101 Å². The summed E-state index contributed by atoms with van der Waals surface area (Å²) in [6.45, 7) is 4.15. The highest BCUT2D eigenvalue weighted by Crippen LogP contribution is 2.30. The van der Waals surface area contributed by atoms with Crippen LogP contribution in [0.5, 0.6) is 0 Å². The van der Waals surface area contributed by atoms with Crippen molar-refractivity contribution in [1.29, 1.82) is 0 Å². The van der Waals surface area contributed by atoms with E-state index in [0.29, 0.717) is 6.04 Å². The number of hydrogen-bond acceptors (Lipinski definition) is 3. The number of nitrogens with zero attached hydrogens (tertiary/aromatic N) is 2. The van der Waals surface area contributed by atoms with E-state index < -0.39 is 0 Å². The molecule has 1 unspecified atom stereocenters. The first-order chi connectivity index (χ1) is 8.29. The third-order valence-corrected chi connectivity index (χ3v) is 3.55. The van der Waals surface area contributed by atoms with Gasteiger partial charge in [0.2, 0.25) is 0 Å². The fourth-order valence-electron chi connectivity index (χ4n) is 2.64. The van der Waals surface area contributed by atoms with Crippen molar-refractivity contribution in [3.63, 3.8) is 0 Å². The molecule has 1 fully saturated rings. The van der Waals surface area contributed by atoms with Gasteiger partial charge >= 0.3 is 0 Å². The van der Waals surface area contributed by atoms with Crippen molar-refractivity contribution < 1.29 is 0 Å². The van der Waals surface area contributed by atoms with E-state index in [0.717, 1.165) is 31.4 Å². The maximum absolute atomic E-state index is 5.99. The van der Waals surface area contributed by atoms with Crippen LogP contribution >= 0.6 is 0 Å². The van der Waals surface area contributed by atoms with E-state index in [9.17, 15) is 0 Å². The third-order valence-electron chi connectivity index (χ3n) is 3.55. The molecule has 3 N–H and O–H groups in total. The molecule has 0 aliphatic carbocycles. The summed E-state index contributed by atoms with van der Waals surface area (Å²) in [5, 5.41) is 8.76. The van der Waals surface area contributed by atoms with Gasteiger partial charge in [0.25, 0.3) is 0 Å². The summed E-state index contributed by atoms with van der Waals surface area (Å²) in [7, 11) is 0. The van der Waals surface area contributed by atoms with Gasteiger partial charge in [-0.2, -0.15) is 5.10 Å². The van der Waals surface area contributed by atoms with Crippen LogP contribution in [0.15, 0.2) is 18.2 Å². The first kappa shape index (κ1) is 10.6. The second kappa shape index (κ2) is 4.04. The lowest BCUT2D eigenvalue weighted by atomic mass is 10.1. The third kappa shape index (κ3) is 1.69. The fraction of sp³-hybridized carbons (Fsp3) is 0.462. The predicted octanol–water partition coefficient (Wildman–Crippen LogP) is 1.66. The van der Waals surface area contributed by atoms with E-state index in [4.69, 9.17) is 5.73 Å². The Hall–Kier alpha value is -1.55. The number of H-pyrrole nitrogens is 1. The van der Waals surface area contributed by atoms with Crippen LogP contribution in [0.2, 0.25) is 0 Å². The molecule has 0 spiro atoms. The number of fused-ring (bicyclic) bond motifs is 1. The molecular formula is C13H18N4. The van der Waals surface area contributed by atoms with Gasteiger partial charge in [0.15, 0.2) is 0 Å². The Morgan fingerprint density at radius 2 is 2.41 bits per heavy atom. The van der Waals surface area contributed by atoms with Gasteiger partial charge in [-0.05, 0) is 25.0 Å². The summed E-state index contributed by atoms with van der Waals surface area (Å²) < 4.78 is 0. The highest BCUT2D eigenvalue weighted by atomic mass is 15.2. The van der Waals surface area contributed by atoms with Gasteiger partial charge in [-0.15, -0.1) is 0 Å². The summed E-state index contributed by atoms with van der Waals surface area (Å²) in [6.07, 6.45) is 2.06. The van der Waals surface area contributed by atoms with Crippen LogP contribution in [0.3, 0.4) is 0 Å². The molecule has 1 aromatic heterocycles. The number of rotatable bonds is 2. The Morgan fingerprint density at radius 3 is 3.12 bits per heavy atom. The monoisotopic (exact) mass is 230 g/mol. The lowest BCUT2D eigenvalue weighted by Crippen LogP contribution is -2.26. The second-order valence-corrected chi connectivity index (χ2v) is 4.72. The highest BCUT2D eigenvalue weighted by molar-refractivity contribution is 5.94. The largest absolute Gasteiger partial charge is 0.369 e. The molecule has 0 radical (unpaired) electrons. The van der Waals surface area contributed by atoms with Gasteiger partial charge in [0.1, 0.15) is 0 Å². The Morgan fingerprint density at radius 1 is 1.53 bits per heavy atom. The van der Waals surface area contributed by atoms with E-state index in [1.165, 1.54) is 16.8 Å². The summed E-state index contributed by atoms with van der Waals surface area (Å²) in [4.78, 5) is 2.38. The van der Waals surface area contributed by atoms with Crippen LogP contribution in [0.1, 0.15) is 19.0 Å². The normalized spacial score (nSPS) is 20.4. The Bertz CT molecular complexity index is 531. The topological polar surface area (TPSA) is 57.9 Å². The molecule has 17 heavy (non-hydrogen) atoms. The molecule has 90 valence electrons. The maximum atomic E-state index is 5.99. The average molecular weight is 230 g/mol. The molecule has 1 saturated heterocycles. The fourth-order valence-corrected chi connectivity index (χ4v) is 2.64. The minimum Gasteiger partial charge on any atom is -0.369 e. The molecule has 1 atom stereocenters. The van der Waals surface area contributed by atoms with Crippen LogP contribution in [-0.2, 0) is 6.42 Å². The molecule has 4 nitrogen and oxygen atoms in total. The summed E-state index contributed by atoms with van der Waals surface area (Å²) in [5.41, 5.74) is 9.54. The maximum Gasteiger partial charge on any atom is 0.0944 e. The zero-order valence-electron chi connectivity index (χ0n) is 10.1. The molecule has 2 aromatic rings. The highest BCUT2D eigenvalue weighted by Gasteiger charge is 2.22. The van der Waals surface area contributed by atoms with Crippen molar-refractivity contribution in [1.82, 2.24) is 10.2 Å². The molecule has 1 aliphatic heterocycles. The van der Waals surface area contributed by atoms with Crippen LogP contribution in [0.4, 0.5) is 5.69 Å². The lowest BCUT2D eigenvalue weighted by Gasteiger charge is -2.19. The van der Waals surface area contributed by atoms with Gasteiger partial charge in [-0.1, -0.05) is 13.0 Å². The smallest absolute Gasteiger partial charge is 0.0944 e. The van der Waals surface area contributed by atoms with Crippen LogP contribution in [0, 0.1) is 0 Å². The average Bonchev–Trinajstić information content (AvgIpc) is 2.94. The minimum absolute atomic E-state index is 0.308. The first-order valence-electron chi connectivity index (χ1n) is 6.26. The lowest BCUT2D eigenvalue weighted by molar-refractivity contribution is 0.752. The molecule has 1 aromatic carbocycles. The van der Waals surface area contributed by atoms with E-state index in [2.05, 4.69) is 40.2 Å². The van der Waals surface area contributed by atoms with Gasteiger partial charge in [-0.25, -0.2) is 0 Å². The molecule has 0 amide bonds. The number of benzene rings is 1. The number of aromatic amines is 1. The predicted molar refractivity (Wildman–Crippen MR) is 70.3 cm³/mol. The van der Waals surface area contributed by atoms with E-state index in [1.54, 1.807) is 0 Å². The van der Waals surface area contributed by atoms with Gasteiger partial charge < -0.3 is 10.6 Å². The molecule has 4 heteroatoms. The molecule has 0 bridgehead atoms. The number of nitrogens with two attached hydrogens (primary N) is 1. The first-order valence-corrected chi connectivity index (χ1v) is 6.26. The van der Waals surface area contributed by atoms with Crippen molar-refractivity contribution >= 4 is 16.6 Å². The SMILES string of the molecule is CCc1[nH]nc2cccc(N3CCC(N)C3)c12. The van der Waals surface area contributed by atoms with Crippen molar-refractivity contribution in [2.75, 3.05) is 18.0 Å². The summed E-state index contributed by atoms with van der Waals surface area (Å²) in [6, 6.07) is 6.61. The van der Waals surface area contributed by atoms with E-state index in [1.807, 2.05) is 0 Å². The summed E-state index contributed by atoms with van der Waals surface area (Å²) in [5.74, 6) is 0. The number of anilines is 1. The van der Waals surface area contributed by atoms with Crippen LogP contribution in [-0.4, -0.2) is 29.3 Å². The zero-order chi connectivity index (χ0) is 11.8. The van der Waals surface area contributed by atoms with Crippen LogP contribution in [0.25, 0.3) is 10.9 Å². The van der Waals surface area contributed by atoms with Crippen molar-refractivity contribution in [2.45, 2.75) is 25.8 Å². The quantitative estimate of drug-likeness (QED) is 0.825. The molecular weight excluding hydrogens is 212 g/mol. The number of nitrogens with one attached hydrogen (secondary N) is 1. The molecule has 1 aliphatic rings. The van der Waals surface area contributed by atoms with Crippen molar-refractivity contribution in [3.8, 4) is 0 Å². The van der Waals surface area contributed by atoms with E-state index >= 15 is 0 Å².